The Morgan fingerprint density at radius 3 is 2.32 bits per heavy atom. The van der Waals surface area contributed by atoms with Gasteiger partial charge in [-0.2, -0.15) is 0 Å². The topological polar surface area (TPSA) is 88.1 Å². The number of carbonyl (C=O) groups is 3. The Kier molecular flexibility index (Phi) is 12.4. The van der Waals surface area contributed by atoms with Crippen molar-refractivity contribution >= 4 is 26.2 Å². The smallest absolute Gasteiger partial charge is 0.311 e. The number of rotatable bonds is 12. The van der Waals surface area contributed by atoms with Gasteiger partial charge in [-0.3, -0.25) is 14.4 Å². The van der Waals surface area contributed by atoms with E-state index in [0.717, 1.165) is 38.5 Å². The van der Waals surface area contributed by atoms with E-state index in [1.54, 1.807) is 0 Å². The van der Waals surface area contributed by atoms with Crippen LogP contribution in [-0.4, -0.2) is 51.1 Å². The Morgan fingerprint density at radius 2 is 1.70 bits per heavy atom. The van der Waals surface area contributed by atoms with Gasteiger partial charge in [-0.05, 0) is 101 Å². The summed E-state index contributed by atoms with van der Waals surface area (Å²) in [5.74, 6) is 0.900. The van der Waals surface area contributed by atoms with Crippen LogP contribution in [0.15, 0.2) is 11.6 Å². The van der Waals surface area contributed by atoms with Crippen LogP contribution < -0.4 is 0 Å². The van der Waals surface area contributed by atoms with Crippen molar-refractivity contribution in [1.82, 2.24) is 0 Å². The lowest BCUT2D eigenvalue weighted by molar-refractivity contribution is -0.171. The second-order valence-corrected chi connectivity index (χ2v) is 20.9. The summed E-state index contributed by atoms with van der Waals surface area (Å²) >= 11 is 0. The van der Waals surface area contributed by atoms with Crippen LogP contribution in [-0.2, 0) is 33.0 Å². The third-order valence-corrected chi connectivity index (χ3v) is 15.8. The molecule has 1 saturated heterocycles. The summed E-state index contributed by atoms with van der Waals surface area (Å²) in [5, 5.41) is 0.0740. The molecule has 3 rings (SSSR count). The first kappa shape index (κ1) is 36.8. The van der Waals surface area contributed by atoms with Crippen molar-refractivity contribution in [2.45, 2.75) is 157 Å². The predicted molar refractivity (Wildman–Crippen MR) is 176 cm³/mol. The Labute approximate surface area is 268 Å². The van der Waals surface area contributed by atoms with Crippen molar-refractivity contribution in [2.24, 2.45) is 35.0 Å². The molecule has 1 heterocycles. The van der Waals surface area contributed by atoms with Gasteiger partial charge >= 0.3 is 17.9 Å². The number of fused-ring (bicyclic) bond motifs is 1. The number of carbonyl (C=O) groups excluding carboxylic acids is 3. The van der Waals surface area contributed by atoms with Gasteiger partial charge in [-0.15, -0.1) is 0 Å². The Morgan fingerprint density at radius 1 is 1.02 bits per heavy atom. The second-order valence-electron chi connectivity index (χ2n) is 16.1. The average Bonchev–Trinajstić information content (AvgIpc) is 2.90. The van der Waals surface area contributed by atoms with Gasteiger partial charge in [-0.25, -0.2) is 0 Å². The van der Waals surface area contributed by atoms with Crippen molar-refractivity contribution in [3.8, 4) is 0 Å². The standard InChI is InChI=1S/C36H62O7Si/c1-12-36(8,9)34(39)42-30-19-23(3)18-29-25(14-17-31(37)40-13-2)20-24(4)28(33(29)30)16-15-26-21-27(22-32(38)41-26)43-44(10,11)35(5,6)7/h20,23-24,26-30,33H,12-19,21-22H2,1-11H3/t23-,24+,26+,27+,28-,29+,30-,33+/m0/s1. The van der Waals surface area contributed by atoms with Crippen LogP contribution in [0.5, 0.6) is 0 Å². The molecule has 2 fully saturated rings. The van der Waals surface area contributed by atoms with Gasteiger partial charge in [0.15, 0.2) is 8.32 Å². The summed E-state index contributed by atoms with van der Waals surface area (Å²) in [7, 11) is -2.02. The molecule has 0 aromatic rings. The first-order valence-corrected chi connectivity index (χ1v) is 20.2. The van der Waals surface area contributed by atoms with E-state index in [9.17, 15) is 14.4 Å². The molecule has 2 aliphatic carbocycles. The molecule has 1 aliphatic heterocycles. The maximum atomic E-state index is 13.4. The molecule has 0 unspecified atom stereocenters. The van der Waals surface area contributed by atoms with E-state index in [1.807, 2.05) is 27.7 Å². The SMILES string of the molecule is CCOC(=O)CCC1=C[C@@H](C)[C@H](CC[C@@H]2C[C@@H](O[Si](C)(C)C(C)(C)C)CC(=O)O2)[C@H]2[C@@H](OC(=O)C(C)(C)CC)C[C@@H](C)C[C@H]12. The fraction of sp³-hybridized carbons (Fsp3) is 0.861. The molecule has 8 atom stereocenters. The predicted octanol–water partition coefficient (Wildman–Crippen LogP) is 8.41. The molecular formula is C36H62O7Si. The molecule has 252 valence electrons. The van der Waals surface area contributed by atoms with Crippen molar-refractivity contribution in [3.63, 3.8) is 0 Å². The molecule has 0 amide bonds. The number of esters is 3. The first-order chi connectivity index (χ1) is 20.4. The van der Waals surface area contributed by atoms with E-state index in [2.05, 4.69) is 53.8 Å². The minimum atomic E-state index is -2.02. The largest absolute Gasteiger partial charge is 0.466 e. The highest BCUT2D eigenvalue weighted by Crippen LogP contribution is 2.52. The second kappa shape index (κ2) is 14.8. The van der Waals surface area contributed by atoms with Crippen LogP contribution in [0.3, 0.4) is 0 Å². The monoisotopic (exact) mass is 634 g/mol. The molecule has 0 spiro atoms. The van der Waals surface area contributed by atoms with Crippen LogP contribution in [0.2, 0.25) is 18.1 Å². The molecule has 0 N–H and O–H groups in total. The number of ether oxygens (including phenoxy) is 3. The number of hydrogen-bond acceptors (Lipinski definition) is 7. The molecule has 0 aromatic carbocycles. The van der Waals surface area contributed by atoms with E-state index < -0.39 is 13.7 Å². The summed E-state index contributed by atoms with van der Waals surface area (Å²) in [6.45, 7) is 23.8. The summed E-state index contributed by atoms with van der Waals surface area (Å²) < 4.78 is 24.2. The van der Waals surface area contributed by atoms with Gasteiger partial charge in [0, 0.05) is 18.8 Å². The van der Waals surface area contributed by atoms with Crippen LogP contribution in [0.25, 0.3) is 0 Å². The van der Waals surface area contributed by atoms with Gasteiger partial charge in [0.25, 0.3) is 0 Å². The van der Waals surface area contributed by atoms with Crippen LogP contribution in [0.1, 0.15) is 120 Å². The van der Waals surface area contributed by atoms with Crippen molar-refractivity contribution in [3.05, 3.63) is 11.6 Å². The Bertz CT molecular complexity index is 1040. The lowest BCUT2D eigenvalue weighted by Gasteiger charge is -2.50. The molecule has 0 aromatic heterocycles. The molecule has 1 saturated carbocycles. The van der Waals surface area contributed by atoms with Crippen molar-refractivity contribution < 1.29 is 33.0 Å². The maximum absolute atomic E-state index is 13.4. The number of cyclic esters (lactones) is 1. The summed E-state index contributed by atoms with van der Waals surface area (Å²) in [6.07, 6.45) is 8.28. The van der Waals surface area contributed by atoms with Crippen molar-refractivity contribution in [2.75, 3.05) is 6.61 Å². The molecular weight excluding hydrogens is 572 g/mol. The van der Waals surface area contributed by atoms with Gasteiger partial charge < -0.3 is 18.6 Å². The van der Waals surface area contributed by atoms with E-state index in [-0.39, 0.29) is 64.9 Å². The first-order valence-electron chi connectivity index (χ1n) is 17.3. The summed E-state index contributed by atoms with van der Waals surface area (Å²) in [4.78, 5) is 38.4. The third-order valence-electron chi connectivity index (χ3n) is 11.2. The third kappa shape index (κ3) is 9.20. The van der Waals surface area contributed by atoms with Gasteiger partial charge in [0.1, 0.15) is 12.2 Å². The van der Waals surface area contributed by atoms with Crippen LogP contribution >= 0.6 is 0 Å². The minimum absolute atomic E-state index is 0.0740. The normalized spacial score (nSPS) is 31.4. The summed E-state index contributed by atoms with van der Waals surface area (Å²) in [5.41, 5.74) is 0.769. The minimum Gasteiger partial charge on any atom is -0.466 e. The zero-order valence-electron chi connectivity index (χ0n) is 29.6. The van der Waals surface area contributed by atoms with Crippen LogP contribution in [0.4, 0.5) is 0 Å². The lowest BCUT2D eigenvalue weighted by atomic mass is 9.57. The van der Waals surface area contributed by atoms with E-state index in [1.165, 1.54) is 5.57 Å². The molecule has 7 nitrogen and oxygen atoms in total. The zero-order chi connectivity index (χ0) is 33.0. The number of allylic oxidation sites excluding steroid dienone is 2. The Hall–Kier alpha value is -1.67. The van der Waals surface area contributed by atoms with Crippen LogP contribution in [0, 0.1) is 35.0 Å². The quantitative estimate of drug-likeness (QED) is 0.0922. The van der Waals surface area contributed by atoms with E-state index >= 15 is 0 Å². The number of hydrogen-bond donors (Lipinski definition) is 0. The molecule has 3 aliphatic rings. The van der Waals surface area contributed by atoms with Gasteiger partial charge in [0.05, 0.1) is 24.5 Å². The molecule has 0 radical (unpaired) electrons. The highest BCUT2D eigenvalue weighted by Gasteiger charge is 2.49. The van der Waals surface area contributed by atoms with Gasteiger partial charge in [-0.1, -0.05) is 53.2 Å². The highest BCUT2D eigenvalue weighted by atomic mass is 28.4. The average molecular weight is 635 g/mol. The lowest BCUT2D eigenvalue weighted by Crippen LogP contribution is -2.49. The molecule has 8 heteroatoms. The maximum Gasteiger partial charge on any atom is 0.311 e. The fourth-order valence-corrected chi connectivity index (χ4v) is 8.63. The van der Waals surface area contributed by atoms with E-state index in [4.69, 9.17) is 18.6 Å². The van der Waals surface area contributed by atoms with Gasteiger partial charge in [0.2, 0.25) is 0 Å². The molecule has 44 heavy (non-hydrogen) atoms. The molecule has 0 bridgehead atoms. The Balaban J connectivity index is 1.84. The van der Waals surface area contributed by atoms with Crippen molar-refractivity contribution in [1.29, 1.82) is 0 Å². The van der Waals surface area contributed by atoms with E-state index in [0.29, 0.717) is 31.8 Å². The fourth-order valence-electron chi connectivity index (χ4n) is 7.26. The summed E-state index contributed by atoms with van der Waals surface area (Å²) in [6, 6.07) is 0. The zero-order valence-corrected chi connectivity index (χ0v) is 30.6. The highest BCUT2D eigenvalue weighted by molar-refractivity contribution is 6.74.